The largest absolute Gasteiger partial charge is 0.497 e. The average molecular weight is 731 g/mol. The third-order valence-electron chi connectivity index (χ3n) is 10.6. The molecule has 276 valence electrons. The van der Waals surface area contributed by atoms with Gasteiger partial charge in [-0.3, -0.25) is 19.1 Å². The number of fused-ring (bicyclic) bond motifs is 3. The molecule has 0 bridgehead atoms. The summed E-state index contributed by atoms with van der Waals surface area (Å²) >= 11 is 0. The predicted molar refractivity (Wildman–Crippen MR) is 181 cm³/mol. The first-order chi connectivity index (χ1) is 24.2. The number of hydrogen-bond acceptors (Lipinski definition) is 10. The second-order valence-corrected chi connectivity index (χ2v) is 16.4. The van der Waals surface area contributed by atoms with Gasteiger partial charge in [0.2, 0.25) is 27.7 Å². The Hall–Kier alpha value is -4.54. The molecular formula is C34H43FN6O9S. The summed E-state index contributed by atoms with van der Waals surface area (Å²) in [7, 11) is -2.86. The van der Waals surface area contributed by atoms with Crippen LogP contribution in [0.1, 0.15) is 58.8 Å². The highest BCUT2D eigenvalue weighted by Crippen LogP contribution is 2.48. The number of methoxy groups -OCH3 is 1. The second kappa shape index (κ2) is 13.9. The van der Waals surface area contributed by atoms with E-state index in [1.54, 1.807) is 31.2 Å². The Balaban J connectivity index is 1.32. The fourth-order valence-corrected chi connectivity index (χ4v) is 8.64. The number of allylic oxidation sites excluding steroid dienone is 1. The Bertz CT molecular complexity index is 1860. The third kappa shape index (κ3) is 7.30. The molecule has 2 aromatic rings. The topological polar surface area (TPSA) is 206 Å². The van der Waals surface area contributed by atoms with Gasteiger partial charge in [-0.1, -0.05) is 26.0 Å². The molecule has 1 saturated heterocycles. The predicted octanol–water partition coefficient (Wildman–Crippen LogP) is 2.46. The van der Waals surface area contributed by atoms with E-state index >= 15 is 0 Å². The number of hydrogen-bond donors (Lipinski definition) is 4. The van der Waals surface area contributed by atoms with Gasteiger partial charge in [-0.15, -0.1) is 0 Å². The first-order valence-corrected chi connectivity index (χ1v) is 18.6. The average Bonchev–Trinajstić information content (AvgIpc) is 3.99. The molecular weight excluding hydrogens is 687 g/mol. The van der Waals surface area contributed by atoms with Gasteiger partial charge in [0.25, 0.3) is 5.91 Å². The standard InChI is InChI=1S/C34H43FN6O9S/c1-19-6-4-5-7-21-15-34(21,31(44)40-51(47,48)33(18-35)10-11-33)39-29(42)26-14-23(17-41(26)30(43)28(20(2)12-19)38-32(45)46)50-27-16-36-24-9-8-22(49-3)13-25(24)37-27/h5,7-9,13,16,19-21,23,26,28,38H,4,6,10-12,14-15,17-18H2,1-3H3,(H,39,42)(H,40,44)(H,45,46)/b7-5-/t19-,20-,21-,23-,26+,28+,34-/m1/s1. The van der Waals surface area contributed by atoms with Crippen LogP contribution in [-0.4, -0.2) is 101 Å². The number of halogens is 1. The Morgan fingerprint density at radius 1 is 1.18 bits per heavy atom. The van der Waals surface area contributed by atoms with Gasteiger partial charge in [0.1, 0.15) is 40.9 Å². The highest BCUT2D eigenvalue weighted by Gasteiger charge is 2.64. The van der Waals surface area contributed by atoms with E-state index in [1.165, 1.54) is 18.2 Å². The molecule has 2 saturated carbocycles. The van der Waals surface area contributed by atoms with Crippen molar-refractivity contribution in [1.29, 1.82) is 0 Å². The van der Waals surface area contributed by atoms with E-state index < -0.39 is 80.8 Å². The maximum Gasteiger partial charge on any atom is 0.405 e. The number of rotatable bonds is 8. The summed E-state index contributed by atoms with van der Waals surface area (Å²) < 4.78 is 51.6. The Morgan fingerprint density at radius 2 is 1.94 bits per heavy atom. The first-order valence-electron chi connectivity index (χ1n) is 17.1. The minimum Gasteiger partial charge on any atom is -0.497 e. The van der Waals surface area contributed by atoms with Gasteiger partial charge in [-0.25, -0.2) is 27.6 Å². The van der Waals surface area contributed by atoms with Crippen LogP contribution in [0.25, 0.3) is 11.0 Å². The number of sulfonamides is 1. The summed E-state index contributed by atoms with van der Waals surface area (Å²) in [6.45, 7) is 2.51. The van der Waals surface area contributed by atoms with Gasteiger partial charge in [-0.2, -0.15) is 0 Å². The van der Waals surface area contributed by atoms with Crippen molar-refractivity contribution in [2.24, 2.45) is 17.8 Å². The monoisotopic (exact) mass is 730 g/mol. The summed E-state index contributed by atoms with van der Waals surface area (Å²) in [4.78, 5) is 64.3. The summed E-state index contributed by atoms with van der Waals surface area (Å²) in [5.74, 6) is -2.60. The van der Waals surface area contributed by atoms with Crippen molar-refractivity contribution in [2.75, 3.05) is 20.3 Å². The van der Waals surface area contributed by atoms with Gasteiger partial charge in [0.15, 0.2) is 0 Å². The molecule has 1 aromatic heterocycles. The molecule has 7 atom stereocenters. The van der Waals surface area contributed by atoms with Crippen LogP contribution in [0.4, 0.5) is 9.18 Å². The lowest BCUT2D eigenvalue weighted by Crippen LogP contribution is -2.59. The SMILES string of the molecule is COc1ccc2ncc(O[C@@H]3C[C@H]4C(=O)N[C@]5(C(=O)NS(=O)(=O)C6(CF)CC6)C[C@H]5/C=C\CC[C@@H](C)C[C@@H](C)[C@H](NC(=O)O)C(=O)N4C3)nc2c1. The Morgan fingerprint density at radius 3 is 2.63 bits per heavy atom. The van der Waals surface area contributed by atoms with E-state index in [-0.39, 0.29) is 44.0 Å². The number of benzene rings is 1. The van der Waals surface area contributed by atoms with E-state index in [1.807, 2.05) is 17.7 Å². The zero-order valence-electron chi connectivity index (χ0n) is 28.6. The number of alkyl halides is 1. The second-order valence-electron chi connectivity index (χ2n) is 14.3. The van der Waals surface area contributed by atoms with Crippen LogP contribution >= 0.6 is 0 Å². The van der Waals surface area contributed by atoms with Crippen LogP contribution in [0, 0.1) is 17.8 Å². The highest BCUT2D eigenvalue weighted by molar-refractivity contribution is 7.91. The van der Waals surface area contributed by atoms with Crippen molar-refractivity contribution in [2.45, 2.75) is 87.3 Å². The van der Waals surface area contributed by atoms with Crippen LogP contribution in [0.15, 0.2) is 36.5 Å². The number of aromatic nitrogens is 2. The lowest BCUT2D eigenvalue weighted by Gasteiger charge is -2.32. The molecule has 2 aliphatic heterocycles. The van der Waals surface area contributed by atoms with Crippen LogP contribution < -0.4 is 24.8 Å². The maximum absolute atomic E-state index is 14.3. The molecule has 4 N–H and O–H groups in total. The quantitative estimate of drug-likeness (QED) is 0.290. The molecule has 51 heavy (non-hydrogen) atoms. The fourth-order valence-electron chi connectivity index (χ4n) is 7.21. The number of carboxylic acid groups (broad SMARTS) is 1. The lowest BCUT2D eigenvalue weighted by atomic mass is 9.88. The van der Waals surface area contributed by atoms with Crippen LogP contribution in [0.3, 0.4) is 0 Å². The number of carbonyl (C=O) groups is 4. The minimum absolute atomic E-state index is 0.0541. The molecule has 2 aliphatic carbocycles. The number of carbonyl (C=O) groups excluding carboxylic acids is 3. The van der Waals surface area contributed by atoms with Gasteiger partial charge >= 0.3 is 6.09 Å². The minimum atomic E-state index is -4.38. The van der Waals surface area contributed by atoms with Gasteiger partial charge in [0, 0.05) is 18.4 Å². The van der Waals surface area contributed by atoms with E-state index in [0.717, 1.165) is 0 Å². The smallest absolute Gasteiger partial charge is 0.405 e. The zero-order valence-corrected chi connectivity index (χ0v) is 29.4. The van der Waals surface area contributed by atoms with Crippen LogP contribution in [0.2, 0.25) is 0 Å². The zero-order chi connectivity index (χ0) is 36.7. The Kier molecular flexibility index (Phi) is 9.87. The van der Waals surface area contributed by atoms with Crippen molar-refractivity contribution >= 4 is 44.9 Å². The van der Waals surface area contributed by atoms with Crippen molar-refractivity contribution in [3.05, 3.63) is 36.5 Å². The van der Waals surface area contributed by atoms with E-state index in [9.17, 15) is 37.1 Å². The molecule has 0 radical (unpaired) electrons. The summed E-state index contributed by atoms with van der Waals surface area (Å²) in [5.41, 5.74) is -0.597. The molecule has 6 rings (SSSR count). The molecule has 15 nitrogen and oxygen atoms in total. The molecule has 17 heteroatoms. The maximum atomic E-state index is 14.3. The molecule has 0 unspecified atom stereocenters. The molecule has 4 aliphatic rings. The van der Waals surface area contributed by atoms with Crippen molar-refractivity contribution in [3.63, 3.8) is 0 Å². The van der Waals surface area contributed by atoms with Crippen LogP contribution in [-0.2, 0) is 24.4 Å². The fraction of sp³-hybridized carbons (Fsp3) is 0.588. The third-order valence-corrected chi connectivity index (χ3v) is 12.7. The number of amides is 4. The molecule has 4 amide bonds. The summed E-state index contributed by atoms with van der Waals surface area (Å²) in [5, 5.41) is 14.8. The summed E-state index contributed by atoms with van der Waals surface area (Å²) in [6.07, 6.45) is 4.86. The number of nitrogens with zero attached hydrogens (tertiary/aromatic N) is 3. The normalized spacial score (nSPS) is 31.2. The molecule has 0 spiro atoms. The van der Waals surface area contributed by atoms with Gasteiger partial charge in [-0.05, 0) is 62.5 Å². The van der Waals surface area contributed by atoms with Crippen molar-refractivity contribution < 1.29 is 46.6 Å². The molecule has 3 heterocycles. The van der Waals surface area contributed by atoms with Crippen molar-refractivity contribution in [1.82, 2.24) is 30.2 Å². The Labute approximate surface area is 294 Å². The van der Waals surface area contributed by atoms with Crippen LogP contribution in [0.5, 0.6) is 11.6 Å². The van der Waals surface area contributed by atoms with E-state index in [0.29, 0.717) is 36.0 Å². The molecule has 1 aromatic carbocycles. The van der Waals surface area contributed by atoms with Crippen molar-refractivity contribution in [3.8, 4) is 11.6 Å². The van der Waals surface area contributed by atoms with Gasteiger partial charge < -0.3 is 30.1 Å². The lowest BCUT2D eigenvalue weighted by molar-refractivity contribution is -0.142. The molecule has 3 fully saturated rings. The van der Waals surface area contributed by atoms with E-state index in [2.05, 4.69) is 20.6 Å². The number of ether oxygens (including phenoxy) is 2. The van der Waals surface area contributed by atoms with Gasteiger partial charge in [0.05, 0.1) is 30.9 Å². The summed E-state index contributed by atoms with van der Waals surface area (Å²) in [6, 6.07) is 2.73. The first kappa shape index (κ1) is 36.3. The number of nitrogens with one attached hydrogen (secondary N) is 3. The highest BCUT2D eigenvalue weighted by atomic mass is 32.2. The van der Waals surface area contributed by atoms with E-state index in [4.69, 9.17) is 9.47 Å².